The maximum Gasteiger partial charge on any atom is 0.187 e. The fourth-order valence-electron chi connectivity index (χ4n) is 15.6. The van der Waals surface area contributed by atoms with Gasteiger partial charge in [-0.05, 0) is 91.8 Å². The van der Waals surface area contributed by atoms with E-state index in [1.807, 2.05) is 0 Å². The molecule has 4 aliphatic carbocycles. The van der Waals surface area contributed by atoms with Crippen LogP contribution in [0.3, 0.4) is 0 Å². The molecular weight excluding hydrogens is 981 g/mol. The molecule has 74 heavy (non-hydrogen) atoms. The van der Waals surface area contributed by atoms with Gasteiger partial charge in [0, 0.05) is 12.3 Å². The molecular formula is C51H82O23. The minimum Gasteiger partial charge on any atom is -0.394 e. The molecule has 23 nitrogen and oxygen atoms in total. The number of ether oxygens (including phenoxy) is 10. The molecule has 31 atom stereocenters. The molecule has 3 saturated carbocycles. The van der Waals surface area contributed by atoms with Crippen molar-refractivity contribution >= 4 is 0 Å². The SMILES string of the molecule is C[C@@H]1CC[C@@]2(OC1)OC1CC3C4CC=C5C[C@@H](O[C@@H]6O[C@H](CO)[C@@H](O)[C@H](O[C@@H]7O[C@H](CO)[C@H](O[C@@H]8O[C@H](CO)[C@@H](O)[C@H](O[C@@H]9O[C@H](CO)[C@@H](O)[C@H](O)[C@H]9O)[C@H]8O)[C@H](O)[C@H]7O)[C@H]6O)CC[C@]5(C)C4CC[C@]3(C)C1[C@@H]2C. The van der Waals surface area contributed by atoms with Gasteiger partial charge in [-0.1, -0.05) is 39.3 Å². The van der Waals surface area contributed by atoms with Crippen molar-refractivity contribution in [1.82, 2.24) is 0 Å². The lowest BCUT2D eigenvalue weighted by Gasteiger charge is -2.58. The van der Waals surface area contributed by atoms with E-state index in [1.165, 1.54) is 5.57 Å². The number of hydrogen-bond donors (Lipinski definition) is 13. The fraction of sp³-hybridized carbons (Fsp3) is 0.961. The van der Waals surface area contributed by atoms with Gasteiger partial charge in [-0.2, -0.15) is 0 Å². The molecule has 5 unspecified atom stereocenters. The first kappa shape index (κ1) is 56.1. The Morgan fingerprint density at radius 3 is 1.68 bits per heavy atom. The molecule has 10 rings (SSSR count). The topological polar surface area (TPSA) is 355 Å². The number of rotatable bonds is 12. The van der Waals surface area contributed by atoms with E-state index in [0.29, 0.717) is 48.3 Å². The van der Waals surface area contributed by atoms with Gasteiger partial charge in [0.25, 0.3) is 0 Å². The van der Waals surface area contributed by atoms with Crippen LogP contribution in [0.1, 0.15) is 85.5 Å². The van der Waals surface area contributed by atoms with Crippen molar-refractivity contribution < 1.29 is 114 Å². The van der Waals surface area contributed by atoms with Gasteiger partial charge >= 0.3 is 0 Å². The van der Waals surface area contributed by atoms with Crippen molar-refractivity contribution in [1.29, 1.82) is 0 Å². The summed E-state index contributed by atoms with van der Waals surface area (Å²) in [6.07, 6.45) is -24.2. The van der Waals surface area contributed by atoms with E-state index in [-0.39, 0.29) is 16.9 Å². The molecule has 10 aliphatic rings. The van der Waals surface area contributed by atoms with Crippen molar-refractivity contribution in [3.05, 3.63) is 11.6 Å². The summed E-state index contributed by atoms with van der Waals surface area (Å²) in [7, 11) is 0. The minimum atomic E-state index is -2.03. The molecule has 9 fully saturated rings. The van der Waals surface area contributed by atoms with E-state index in [4.69, 9.17) is 47.4 Å². The molecule has 6 saturated heterocycles. The second-order valence-corrected chi connectivity index (χ2v) is 23.9. The zero-order valence-electron chi connectivity index (χ0n) is 42.5. The number of aliphatic hydroxyl groups is 13. The quantitative estimate of drug-likeness (QED) is 0.0867. The highest BCUT2D eigenvalue weighted by atomic mass is 16.8. The highest BCUT2D eigenvalue weighted by Crippen LogP contribution is 2.71. The number of fused-ring (bicyclic) bond motifs is 7. The highest BCUT2D eigenvalue weighted by Gasteiger charge is 2.69. The first-order valence-electron chi connectivity index (χ1n) is 27.0. The molecule has 0 aromatic heterocycles. The summed E-state index contributed by atoms with van der Waals surface area (Å²) in [5, 5.41) is 140. The highest BCUT2D eigenvalue weighted by molar-refractivity contribution is 5.26. The fourth-order valence-corrected chi connectivity index (χ4v) is 15.6. The van der Waals surface area contributed by atoms with E-state index in [0.717, 1.165) is 51.6 Å². The lowest BCUT2D eigenvalue weighted by molar-refractivity contribution is -0.390. The van der Waals surface area contributed by atoms with Crippen molar-refractivity contribution in [2.75, 3.05) is 33.0 Å². The van der Waals surface area contributed by atoms with Gasteiger partial charge in [-0.3, -0.25) is 0 Å². The van der Waals surface area contributed by atoms with Crippen molar-refractivity contribution in [3.8, 4) is 0 Å². The Morgan fingerprint density at radius 2 is 1.09 bits per heavy atom. The zero-order chi connectivity index (χ0) is 52.9. The number of hydrogen-bond acceptors (Lipinski definition) is 23. The van der Waals surface area contributed by atoms with Gasteiger partial charge < -0.3 is 114 Å². The predicted molar refractivity (Wildman–Crippen MR) is 248 cm³/mol. The van der Waals surface area contributed by atoms with Crippen LogP contribution in [0.15, 0.2) is 11.6 Å². The Bertz CT molecular complexity index is 1940. The van der Waals surface area contributed by atoms with Crippen LogP contribution < -0.4 is 0 Å². The molecule has 23 heteroatoms. The van der Waals surface area contributed by atoms with Crippen LogP contribution >= 0.6 is 0 Å². The maximum atomic E-state index is 11.8. The van der Waals surface area contributed by atoms with Crippen LogP contribution in [0.5, 0.6) is 0 Å². The lowest BCUT2D eigenvalue weighted by Crippen LogP contribution is -2.67. The smallest absolute Gasteiger partial charge is 0.187 e. The van der Waals surface area contributed by atoms with E-state index < -0.39 is 161 Å². The molecule has 0 aromatic rings. The van der Waals surface area contributed by atoms with E-state index >= 15 is 0 Å². The largest absolute Gasteiger partial charge is 0.394 e. The third kappa shape index (κ3) is 9.48. The zero-order valence-corrected chi connectivity index (χ0v) is 42.5. The molecule has 0 radical (unpaired) electrons. The van der Waals surface area contributed by atoms with Gasteiger partial charge in [-0.15, -0.1) is 0 Å². The van der Waals surface area contributed by atoms with Crippen molar-refractivity contribution in [3.63, 3.8) is 0 Å². The van der Waals surface area contributed by atoms with Crippen molar-refractivity contribution in [2.45, 2.75) is 226 Å². The second kappa shape index (κ2) is 21.7. The summed E-state index contributed by atoms with van der Waals surface area (Å²) in [6, 6.07) is 0. The summed E-state index contributed by atoms with van der Waals surface area (Å²) in [5.74, 6) is 2.45. The molecule has 6 heterocycles. The predicted octanol–water partition coefficient (Wildman–Crippen LogP) is -2.99. The second-order valence-electron chi connectivity index (χ2n) is 23.9. The number of allylic oxidation sites excluding steroid dienone is 1. The van der Waals surface area contributed by atoms with Crippen LogP contribution in [0.4, 0.5) is 0 Å². The molecule has 13 N–H and O–H groups in total. The van der Waals surface area contributed by atoms with Gasteiger partial charge in [-0.25, -0.2) is 0 Å². The molecule has 424 valence electrons. The monoisotopic (exact) mass is 1060 g/mol. The van der Waals surface area contributed by atoms with Gasteiger partial charge in [0.2, 0.25) is 0 Å². The molecule has 1 spiro atoms. The van der Waals surface area contributed by atoms with E-state index in [2.05, 4.69) is 33.8 Å². The summed E-state index contributed by atoms with van der Waals surface area (Å²) >= 11 is 0. The van der Waals surface area contributed by atoms with Crippen LogP contribution in [0.2, 0.25) is 0 Å². The van der Waals surface area contributed by atoms with Gasteiger partial charge in [0.05, 0.1) is 45.2 Å². The summed E-state index contributed by atoms with van der Waals surface area (Å²) in [5.41, 5.74) is 1.43. The third-order valence-electron chi connectivity index (χ3n) is 19.8. The molecule has 0 bridgehead atoms. The summed E-state index contributed by atoms with van der Waals surface area (Å²) < 4.78 is 60.2. The van der Waals surface area contributed by atoms with Crippen LogP contribution in [-0.4, -0.2) is 240 Å². The normalized spacial score (nSPS) is 56.5. The van der Waals surface area contributed by atoms with Gasteiger partial charge in [0.15, 0.2) is 30.9 Å². The average molecular weight is 1060 g/mol. The lowest BCUT2D eigenvalue weighted by atomic mass is 9.47. The van der Waals surface area contributed by atoms with Crippen LogP contribution in [0.25, 0.3) is 0 Å². The van der Waals surface area contributed by atoms with Crippen molar-refractivity contribution in [2.24, 2.45) is 46.3 Å². The first-order chi connectivity index (χ1) is 35.2. The van der Waals surface area contributed by atoms with Gasteiger partial charge in [0.1, 0.15) is 97.7 Å². The molecule has 6 aliphatic heterocycles. The third-order valence-corrected chi connectivity index (χ3v) is 19.8. The maximum absolute atomic E-state index is 11.8. The van der Waals surface area contributed by atoms with Crippen LogP contribution in [0, 0.1) is 46.3 Å². The summed E-state index contributed by atoms with van der Waals surface area (Å²) in [4.78, 5) is 0. The molecule has 0 aromatic carbocycles. The Balaban J connectivity index is 0.774. The number of aliphatic hydroxyl groups excluding tert-OH is 13. The Morgan fingerprint density at radius 1 is 0.554 bits per heavy atom. The van der Waals surface area contributed by atoms with E-state index in [9.17, 15) is 66.4 Å². The molecule has 0 amide bonds. The standard InChI is InChI=1S/C51H82O23/c1-20-7-12-51(65-19-20)21(2)32-27(74-51)14-26-24-6-5-22-13-23(8-10-49(22,3)25(24)9-11-50(26,32)4)66-47-40(63)43(34(57)29(16-53)68-47)73-46-39(62)37(60)42(31(18-55)70-46)71-48-41(64)44(35(58)30(17-54)69-48)72-45-38(61)36(59)33(56)28(15-52)67-45/h5,20-21,23-48,52-64H,6-19H2,1-4H3/t20-,21+,23+,24?,25?,26?,27?,28-,29-,30-,31-,32?,33-,34-,35-,36+,37-,38-,39-,40-,41-,42+,43+,44+,45+,46+,47-,48+,49+,50+,51-/m1/s1. The first-order valence-corrected chi connectivity index (χ1v) is 27.0. The Labute approximate surface area is 430 Å². The Hall–Kier alpha value is -1.18. The van der Waals surface area contributed by atoms with E-state index in [1.54, 1.807) is 0 Å². The minimum absolute atomic E-state index is 0.0493. The average Bonchev–Trinajstić information content (AvgIpc) is 3.84. The Kier molecular flexibility index (Phi) is 16.5. The summed E-state index contributed by atoms with van der Waals surface area (Å²) in [6.45, 7) is 6.98. The van der Waals surface area contributed by atoms with Crippen LogP contribution in [-0.2, 0) is 47.4 Å².